The standard InChI is InChI=1S/C23H18F4N6O3S/c1-11-6-7-14(30-18(35)13-4-3-5-15(8-13)36-23(26,27)20(24)25)9-16(11)31-21-28-10-17-19(33-21)37-22(32-17)29-12(2)34/h3-10,20H,1-2H3,(H,30,35)(H,28,31,33)(H,29,32,34). The number of anilines is 4. The molecule has 0 unspecified atom stereocenters. The highest BCUT2D eigenvalue weighted by atomic mass is 32.1. The lowest BCUT2D eigenvalue weighted by atomic mass is 10.1. The van der Waals surface area contributed by atoms with Gasteiger partial charge >= 0.3 is 12.5 Å². The van der Waals surface area contributed by atoms with Gasteiger partial charge in [-0.2, -0.15) is 22.5 Å². The van der Waals surface area contributed by atoms with Gasteiger partial charge < -0.3 is 20.7 Å². The minimum absolute atomic E-state index is 0.0772. The van der Waals surface area contributed by atoms with E-state index in [-0.39, 0.29) is 17.4 Å². The summed E-state index contributed by atoms with van der Waals surface area (Å²) in [5.41, 5.74) is 2.15. The number of fused-ring (bicyclic) bond motifs is 1. The van der Waals surface area contributed by atoms with E-state index in [9.17, 15) is 27.2 Å². The Morgan fingerprint density at radius 1 is 1.08 bits per heavy atom. The van der Waals surface area contributed by atoms with Crippen LogP contribution in [-0.4, -0.2) is 39.3 Å². The van der Waals surface area contributed by atoms with Gasteiger partial charge in [-0.1, -0.05) is 23.5 Å². The van der Waals surface area contributed by atoms with Gasteiger partial charge in [0.1, 0.15) is 11.3 Å². The first kappa shape index (κ1) is 25.8. The van der Waals surface area contributed by atoms with Crippen molar-refractivity contribution in [2.45, 2.75) is 26.4 Å². The lowest BCUT2D eigenvalue weighted by Gasteiger charge is -2.17. The van der Waals surface area contributed by atoms with Crippen molar-refractivity contribution in [2.24, 2.45) is 0 Å². The molecule has 4 aromatic rings. The molecule has 2 heterocycles. The summed E-state index contributed by atoms with van der Waals surface area (Å²) in [7, 11) is 0. The van der Waals surface area contributed by atoms with Crippen LogP contribution in [0.2, 0.25) is 0 Å². The monoisotopic (exact) mass is 534 g/mol. The maximum absolute atomic E-state index is 13.2. The van der Waals surface area contributed by atoms with Crippen LogP contribution in [-0.2, 0) is 4.79 Å². The van der Waals surface area contributed by atoms with Crippen molar-refractivity contribution in [3.8, 4) is 5.75 Å². The number of rotatable bonds is 8. The molecule has 4 rings (SSSR count). The van der Waals surface area contributed by atoms with E-state index >= 15 is 0 Å². The third kappa shape index (κ3) is 6.27. The minimum Gasteiger partial charge on any atom is -0.428 e. The second-order valence-corrected chi connectivity index (χ2v) is 8.66. The van der Waals surface area contributed by atoms with E-state index in [1.165, 1.54) is 36.6 Å². The average molecular weight is 534 g/mol. The first-order chi connectivity index (χ1) is 17.5. The van der Waals surface area contributed by atoms with Crippen LogP contribution in [0.3, 0.4) is 0 Å². The Labute approximate surface area is 210 Å². The molecule has 2 aromatic carbocycles. The number of halogens is 4. The molecule has 0 aliphatic heterocycles. The summed E-state index contributed by atoms with van der Waals surface area (Å²) in [5, 5.41) is 8.66. The summed E-state index contributed by atoms with van der Waals surface area (Å²) >= 11 is 1.18. The summed E-state index contributed by atoms with van der Waals surface area (Å²) in [4.78, 5) is 37.3. The van der Waals surface area contributed by atoms with Gasteiger partial charge in [-0.15, -0.1) is 0 Å². The summed E-state index contributed by atoms with van der Waals surface area (Å²) in [6, 6.07) is 9.49. The molecule has 2 aromatic heterocycles. The summed E-state index contributed by atoms with van der Waals surface area (Å²) in [5.74, 6) is -1.26. The normalized spacial score (nSPS) is 11.4. The van der Waals surface area contributed by atoms with Crippen LogP contribution in [0.15, 0.2) is 48.7 Å². The molecule has 0 fully saturated rings. The second kappa shape index (κ2) is 10.3. The van der Waals surface area contributed by atoms with Gasteiger partial charge in [0.15, 0.2) is 9.96 Å². The molecule has 0 saturated heterocycles. The van der Waals surface area contributed by atoms with Gasteiger partial charge in [-0.25, -0.2) is 9.97 Å². The fourth-order valence-corrected chi connectivity index (χ4v) is 3.92. The highest BCUT2D eigenvalue weighted by Crippen LogP contribution is 2.29. The lowest BCUT2D eigenvalue weighted by molar-refractivity contribution is -0.253. The van der Waals surface area contributed by atoms with Crippen LogP contribution in [0.5, 0.6) is 5.75 Å². The largest absolute Gasteiger partial charge is 0.461 e. The van der Waals surface area contributed by atoms with E-state index in [1.54, 1.807) is 18.2 Å². The van der Waals surface area contributed by atoms with E-state index in [1.807, 2.05) is 6.92 Å². The first-order valence-electron chi connectivity index (χ1n) is 10.6. The van der Waals surface area contributed by atoms with Crippen LogP contribution >= 0.6 is 11.3 Å². The fraction of sp³-hybridized carbons (Fsp3) is 0.174. The average Bonchev–Trinajstić information content (AvgIpc) is 3.21. The molecule has 2 amide bonds. The van der Waals surface area contributed by atoms with Crippen molar-refractivity contribution < 1.29 is 31.9 Å². The van der Waals surface area contributed by atoms with E-state index in [4.69, 9.17) is 0 Å². The Balaban J connectivity index is 1.49. The van der Waals surface area contributed by atoms with Crippen molar-refractivity contribution in [2.75, 3.05) is 16.0 Å². The predicted octanol–water partition coefficient (Wildman–Crippen LogP) is 5.59. The number of thiazole rings is 1. The number of aromatic nitrogens is 3. The van der Waals surface area contributed by atoms with E-state index in [2.05, 4.69) is 35.6 Å². The predicted molar refractivity (Wildman–Crippen MR) is 130 cm³/mol. The van der Waals surface area contributed by atoms with E-state index in [0.29, 0.717) is 26.9 Å². The Kier molecular flexibility index (Phi) is 7.20. The molecule has 0 spiro atoms. The van der Waals surface area contributed by atoms with Crippen molar-refractivity contribution in [3.05, 3.63) is 59.8 Å². The number of benzene rings is 2. The number of amides is 2. The molecular formula is C23H18F4N6O3S. The zero-order chi connectivity index (χ0) is 26.7. The van der Waals surface area contributed by atoms with Gasteiger partial charge in [0.05, 0.1) is 6.20 Å². The quantitative estimate of drug-likeness (QED) is 0.252. The molecule has 0 atom stereocenters. The summed E-state index contributed by atoms with van der Waals surface area (Å²) in [6.07, 6.45) is -7.22. The van der Waals surface area contributed by atoms with Crippen LogP contribution in [0.1, 0.15) is 22.8 Å². The van der Waals surface area contributed by atoms with Crippen molar-refractivity contribution in [1.29, 1.82) is 0 Å². The van der Waals surface area contributed by atoms with E-state index < -0.39 is 24.2 Å². The number of hydrogen-bond donors (Lipinski definition) is 3. The topological polar surface area (TPSA) is 118 Å². The second-order valence-electron chi connectivity index (χ2n) is 7.69. The smallest absolute Gasteiger partial charge is 0.428 e. The molecule has 0 saturated carbocycles. The van der Waals surface area contributed by atoms with Gasteiger partial charge in [-0.3, -0.25) is 9.59 Å². The Hall–Kier alpha value is -4.33. The Bertz CT molecular complexity index is 1480. The molecule has 0 bridgehead atoms. The van der Waals surface area contributed by atoms with Gasteiger partial charge in [0.2, 0.25) is 11.9 Å². The SMILES string of the molecule is CC(=O)Nc1nc2cnc(Nc3cc(NC(=O)c4cccc(OC(F)(F)C(F)F)c4)ccc3C)nc2s1. The van der Waals surface area contributed by atoms with Crippen LogP contribution in [0.25, 0.3) is 10.3 Å². The number of nitrogens with zero attached hydrogens (tertiary/aromatic N) is 3. The number of hydrogen-bond acceptors (Lipinski definition) is 8. The molecule has 0 aliphatic rings. The van der Waals surface area contributed by atoms with Crippen LogP contribution in [0, 0.1) is 6.92 Å². The molecule has 0 radical (unpaired) electrons. The number of ether oxygens (including phenoxy) is 1. The number of alkyl halides is 4. The third-order valence-corrected chi connectivity index (χ3v) is 5.66. The molecule has 192 valence electrons. The summed E-state index contributed by atoms with van der Waals surface area (Å²) < 4.78 is 55.3. The lowest BCUT2D eigenvalue weighted by Crippen LogP contribution is -2.33. The molecule has 0 aliphatic carbocycles. The zero-order valence-electron chi connectivity index (χ0n) is 19.2. The highest BCUT2D eigenvalue weighted by Gasteiger charge is 2.44. The van der Waals surface area contributed by atoms with Gasteiger partial charge in [0.25, 0.3) is 5.91 Å². The number of carbonyl (C=O) groups is 2. The van der Waals surface area contributed by atoms with Crippen molar-refractivity contribution >= 4 is 56.0 Å². The first-order valence-corrected chi connectivity index (χ1v) is 11.4. The molecule has 9 nitrogen and oxygen atoms in total. The van der Waals surface area contributed by atoms with Crippen molar-refractivity contribution in [1.82, 2.24) is 15.0 Å². The Morgan fingerprint density at radius 2 is 1.86 bits per heavy atom. The molecule has 14 heteroatoms. The van der Waals surface area contributed by atoms with Crippen molar-refractivity contribution in [3.63, 3.8) is 0 Å². The molecule has 37 heavy (non-hydrogen) atoms. The van der Waals surface area contributed by atoms with Gasteiger partial charge in [0, 0.05) is 23.9 Å². The molecule has 3 N–H and O–H groups in total. The van der Waals surface area contributed by atoms with Gasteiger partial charge in [-0.05, 0) is 42.8 Å². The van der Waals surface area contributed by atoms with E-state index in [0.717, 1.165) is 17.7 Å². The summed E-state index contributed by atoms with van der Waals surface area (Å²) in [6.45, 7) is 3.19. The highest BCUT2D eigenvalue weighted by molar-refractivity contribution is 7.21. The maximum atomic E-state index is 13.2. The number of aryl methyl sites for hydroxylation is 1. The number of carbonyl (C=O) groups excluding carboxylic acids is 2. The Morgan fingerprint density at radius 3 is 2.59 bits per heavy atom. The third-order valence-electron chi connectivity index (χ3n) is 4.78. The molecular weight excluding hydrogens is 516 g/mol. The minimum atomic E-state index is -4.69. The van der Waals surface area contributed by atoms with Crippen LogP contribution in [0.4, 0.5) is 40.0 Å². The number of nitrogens with one attached hydrogen (secondary N) is 3. The fourth-order valence-electron chi connectivity index (χ4n) is 3.06. The van der Waals surface area contributed by atoms with Crippen LogP contribution < -0.4 is 20.7 Å². The maximum Gasteiger partial charge on any atom is 0.461 e. The zero-order valence-corrected chi connectivity index (χ0v) is 20.0.